The summed E-state index contributed by atoms with van der Waals surface area (Å²) in [6.07, 6.45) is 7.90. The maximum Gasteiger partial charge on any atom is 0.335 e. The molecule has 0 spiro atoms. The number of carboxylic acid groups (broad SMARTS) is 1. The van der Waals surface area contributed by atoms with E-state index in [0.29, 0.717) is 5.56 Å². The molecule has 1 aromatic carbocycles. The highest BCUT2D eigenvalue weighted by atomic mass is 16.4. The molecule has 0 aromatic heterocycles. The number of carboxylic acids is 1. The van der Waals surface area contributed by atoms with Crippen LogP contribution in [0.3, 0.4) is 0 Å². The third-order valence-electron chi connectivity index (χ3n) is 3.55. The summed E-state index contributed by atoms with van der Waals surface area (Å²) < 4.78 is 0. The van der Waals surface area contributed by atoms with E-state index in [1.165, 1.54) is 44.1 Å². The molecule has 1 aromatic rings. The van der Waals surface area contributed by atoms with Crippen LogP contribution in [0.2, 0.25) is 0 Å². The van der Waals surface area contributed by atoms with Crippen LogP contribution in [0.25, 0.3) is 0 Å². The second kappa shape index (κ2) is 9.54. The smallest absolute Gasteiger partial charge is 0.335 e. The summed E-state index contributed by atoms with van der Waals surface area (Å²) in [6.45, 7) is 4.23. The topological polar surface area (TPSA) is 40.5 Å². The highest BCUT2D eigenvalue weighted by Crippen LogP contribution is 2.09. The highest BCUT2D eigenvalue weighted by molar-refractivity contribution is 5.87. The van der Waals surface area contributed by atoms with Crippen molar-refractivity contribution in [3.8, 4) is 0 Å². The number of hydrogen-bond donors (Lipinski definition) is 1. The van der Waals surface area contributed by atoms with Crippen molar-refractivity contribution in [1.29, 1.82) is 0 Å². The van der Waals surface area contributed by atoms with Crippen LogP contribution < -0.4 is 0 Å². The largest absolute Gasteiger partial charge is 0.478 e. The molecule has 0 saturated carbocycles. The van der Waals surface area contributed by atoms with Gasteiger partial charge in [-0.15, -0.1) is 0 Å². The molecule has 20 heavy (non-hydrogen) atoms. The first kappa shape index (κ1) is 16.7. The lowest BCUT2D eigenvalue weighted by atomic mass is 10.1. The SMILES string of the molecule is CCCCCCCCN(C)Cc1ccc(C(=O)O)cc1. The minimum atomic E-state index is -0.864. The number of hydrogen-bond acceptors (Lipinski definition) is 2. The van der Waals surface area contributed by atoms with Crippen LogP contribution in [0.4, 0.5) is 0 Å². The summed E-state index contributed by atoms with van der Waals surface area (Å²) in [4.78, 5) is 13.1. The molecule has 0 aliphatic heterocycles. The number of unbranched alkanes of at least 4 members (excludes halogenated alkanes) is 5. The van der Waals surface area contributed by atoms with E-state index in [1.807, 2.05) is 12.1 Å². The zero-order valence-electron chi connectivity index (χ0n) is 12.8. The van der Waals surface area contributed by atoms with Crippen molar-refractivity contribution in [2.45, 2.75) is 52.0 Å². The molecule has 1 rings (SSSR count). The summed E-state index contributed by atoms with van der Waals surface area (Å²) in [7, 11) is 2.12. The molecule has 0 atom stereocenters. The van der Waals surface area contributed by atoms with Crippen molar-refractivity contribution in [3.05, 3.63) is 35.4 Å². The first-order valence-electron chi connectivity index (χ1n) is 7.64. The average molecular weight is 277 g/mol. The third kappa shape index (κ3) is 6.71. The van der Waals surface area contributed by atoms with Crippen molar-refractivity contribution in [3.63, 3.8) is 0 Å². The Balaban J connectivity index is 2.21. The van der Waals surface area contributed by atoms with Gasteiger partial charge in [-0.25, -0.2) is 4.79 Å². The maximum absolute atomic E-state index is 10.8. The second-order valence-corrected chi connectivity index (χ2v) is 5.51. The molecular weight excluding hydrogens is 250 g/mol. The summed E-state index contributed by atoms with van der Waals surface area (Å²) in [5.41, 5.74) is 1.52. The molecule has 0 fully saturated rings. The van der Waals surface area contributed by atoms with Gasteiger partial charge in [0, 0.05) is 6.54 Å². The monoisotopic (exact) mass is 277 g/mol. The van der Waals surface area contributed by atoms with Gasteiger partial charge in [-0.2, -0.15) is 0 Å². The Kier molecular flexibility index (Phi) is 7.97. The van der Waals surface area contributed by atoms with Gasteiger partial charge < -0.3 is 10.0 Å². The number of nitrogens with zero attached hydrogens (tertiary/aromatic N) is 1. The predicted molar refractivity (Wildman–Crippen MR) is 83.1 cm³/mol. The van der Waals surface area contributed by atoms with Gasteiger partial charge in [-0.1, -0.05) is 51.2 Å². The van der Waals surface area contributed by atoms with Crippen molar-refractivity contribution in [2.75, 3.05) is 13.6 Å². The van der Waals surface area contributed by atoms with Crippen molar-refractivity contribution < 1.29 is 9.90 Å². The van der Waals surface area contributed by atoms with Gasteiger partial charge in [-0.05, 0) is 37.7 Å². The fraction of sp³-hybridized carbons (Fsp3) is 0.588. The zero-order valence-corrected chi connectivity index (χ0v) is 12.8. The molecule has 1 N–H and O–H groups in total. The normalized spacial score (nSPS) is 10.9. The van der Waals surface area contributed by atoms with Crippen LogP contribution in [0.1, 0.15) is 61.4 Å². The molecule has 112 valence electrons. The molecule has 0 heterocycles. The summed E-state index contributed by atoms with van der Waals surface area (Å²) in [5, 5.41) is 8.85. The highest BCUT2D eigenvalue weighted by Gasteiger charge is 2.04. The second-order valence-electron chi connectivity index (χ2n) is 5.51. The Labute approximate surface area is 122 Å². The quantitative estimate of drug-likeness (QED) is 0.652. The van der Waals surface area contributed by atoms with Crippen LogP contribution in [-0.4, -0.2) is 29.6 Å². The van der Waals surface area contributed by atoms with E-state index in [2.05, 4.69) is 18.9 Å². The van der Waals surface area contributed by atoms with Gasteiger partial charge in [0.25, 0.3) is 0 Å². The Morgan fingerprint density at radius 2 is 1.65 bits per heavy atom. The first-order valence-corrected chi connectivity index (χ1v) is 7.64. The Morgan fingerprint density at radius 3 is 2.25 bits per heavy atom. The summed E-state index contributed by atoms with van der Waals surface area (Å²) in [6, 6.07) is 7.16. The van der Waals surface area contributed by atoms with Gasteiger partial charge in [0.1, 0.15) is 0 Å². The van der Waals surface area contributed by atoms with E-state index in [9.17, 15) is 4.79 Å². The van der Waals surface area contributed by atoms with Crippen molar-refractivity contribution in [1.82, 2.24) is 4.90 Å². The molecule has 0 aliphatic carbocycles. The van der Waals surface area contributed by atoms with Gasteiger partial charge in [0.05, 0.1) is 5.56 Å². The zero-order chi connectivity index (χ0) is 14.8. The molecule has 0 unspecified atom stereocenters. The van der Waals surface area contributed by atoms with E-state index >= 15 is 0 Å². The Bertz CT molecular complexity index is 386. The molecular formula is C17H27NO2. The average Bonchev–Trinajstić information content (AvgIpc) is 2.43. The van der Waals surface area contributed by atoms with Gasteiger partial charge in [-0.3, -0.25) is 0 Å². The lowest BCUT2D eigenvalue weighted by molar-refractivity contribution is 0.0697. The molecule has 0 radical (unpaired) electrons. The fourth-order valence-electron chi connectivity index (χ4n) is 2.31. The number of carbonyl (C=O) groups is 1. The fourth-order valence-corrected chi connectivity index (χ4v) is 2.31. The molecule has 3 nitrogen and oxygen atoms in total. The van der Waals surface area contributed by atoms with Crippen LogP contribution in [0.15, 0.2) is 24.3 Å². The summed E-state index contributed by atoms with van der Waals surface area (Å²) >= 11 is 0. The lowest BCUT2D eigenvalue weighted by Crippen LogP contribution is -2.19. The lowest BCUT2D eigenvalue weighted by Gasteiger charge is -2.16. The van der Waals surface area contributed by atoms with E-state index < -0.39 is 5.97 Å². The number of benzene rings is 1. The molecule has 0 aliphatic rings. The van der Waals surface area contributed by atoms with Crippen LogP contribution in [0, 0.1) is 0 Å². The number of aromatic carboxylic acids is 1. The van der Waals surface area contributed by atoms with Crippen molar-refractivity contribution >= 4 is 5.97 Å². The van der Waals surface area contributed by atoms with E-state index in [4.69, 9.17) is 5.11 Å². The number of rotatable bonds is 10. The predicted octanol–water partition coefficient (Wildman–Crippen LogP) is 4.18. The maximum atomic E-state index is 10.8. The summed E-state index contributed by atoms with van der Waals surface area (Å²) in [5.74, 6) is -0.864. The third-order valence-corrected chi connectivity index (χ3v) is 3.55. The minimum absolute atomic E-state index is 0.354. The Hall–Kier alpha value is -1.35. The molecule has 0 bridgehead atoms. The van der Waals surface area contributed by atoms with Gasteiger partial charge in [0.2, 0.25) is 0 Å². The Morgan fingerprint density at radius 1 is 1.05 bits per heavy atom. The minimum Gasteiger partial charge on any atom is -0.478 e. The van der Waals surface area contributed by atoms with Gasteiger partial charge >= 0.3 is 5.97 Å². The molecule has 0 amide bonds. The van der Waals surface area contributed by atoms with Gasteiger partial charge in [0.15, 0.2) is 0 Å². The van der Waals surface area contributed by atoms with Crippen LogP contribution in [0.5, 0.6) is 0 Å². The van der Waals surface area contributed by atoms with E-state index in [1.54, 1.807) is 12.1 Å². The first-order chi connectivity index (χ1) is 9.63. The van der Waals surface area contributed by atoms with Crippen LogP contribution >= 0.6 is 0 Å². The standard InChI is InChI=1S/C17H27NO2/c1-3-4-5-6-7-8-13-18(2)14-15-9-11-16(12-10-15)17(19)20/h9-12H,3-8,13-14H2,1-2H3,(H,19,20). The van der Waals surface area contributed by atoms with E-state index in [0.717, 1.165) is 13.1 Å². The van der Waals surface area contributed by atoms with Crippen molar-refractivity contribution in [2.24, 2.45) is 0 Å². The van der Waals surface area contributed by atoms with Crippen LogP contribution in [-0.2, 0) is 6.54 Å². The molecule has 3 heteroatoms. The van der Waals surface area contributed by atoms with E-state index in [-0.39, 0.29) is 0 Å². The molecule has 0 saturated heterocycles.